The van der Waals surface area contributed by atoms with E-state index in [0.717, 1.165) is 19.3 Å². The fraction of sp³-hybridized carbons (Fsp3) is 0.923. The van der Waals surface area contributed by atoms with Crippen molar-refractivity contribution in [3.8, 4) is 0 Å². The summed E-state index contributed by atoms with van der Waals surface area (Å²) >= 11 is 0. The summed E-state index contributed by atoms with van der Waals surface area (Å²) in [7, 11) is 0. The summed E-state index contributed by atoms with van der Waals surface area (Å²) in [5, 5.41) is 9.43. The molecule has 4 heteroatoms. The first-order chi connectivity index (χ1) is 7.89. The number of amides is 1. The van der Waals surface area contributed by atoms with Gasteiger partial charge in [0.2, 0.25) is 0 Å². The number of hydrogen-bond donors (Lipinski definition) is 1. The molecule has 1 aliphatic rings. The topological polar surface area (TPSA) is 49.8 Å². The molecule has 0 bridgehead atoms. The van der Waals surface area contributed by atoms with Crippen LogP contribution in [0.5, 0.6) is 0 Å². The van der Waals surface area contributed by atoms with E-state index in [1.807, 2.05) is 20.8 Å². The molecule has 1 rings (SSSR count). The van der Waals surface area contributed by atoms with Gasteiger partial charge in [0.25, 0.3) is 0 Å². The number of rotatable bonds is 3. The highest BCUT2D eigenvalue weighted by molar-refractivity contribution is 5.69. The van der Waals surface area contributed by atoms with Crippen LogP contribution in [0.15, 0.2) is 0 Å². The molecule has 1 aliphatic heterocycles. The van der Waals surface area contributed by atoms with Crippen molar-refractivity contribution in [2.24, 2.45) is 5.92 Å². The van der Waals surface area contributed by atoms with Gasteiger partial charge in [-0.2, -0.15) is 0 Å². The minimum atomic E-state index is -0.472. The zero-order valence-electron chi connectivity index (χ0n) is 11.4. The van der Waals surface area contributed by atoms with E-state index >= 15 is 0 Å². The Labute approximate surface area is 104 Å². The lowest BCUT2D eigenvalue weighted by Crippen LogP contribution is -2.43. The van der Waals surface area contributed by atoms with Gasteiger partial charge in [-0.15, -0.1) is 0 Å². The van der Waals surface area contributed by atoms with E-state index in [4.69, 9.17) is 4.74 Å². The van der Waals surface area contributed by atoms with E-state index in [2.05, 4.69) is 6.92 Å². The van der Waals surface area contributed by atoms with Crippen LogP contribution in [0.3, 0.4) is 0 Å². The Morgan fingerprint density at radius 2 is 2.12 bits per heavy atom. The first-order valence-electron chi connectivity index (χ1n) is 6.49. The van der Waals surface area contributed by atoms with Crippen LogP contribution in [-0.2, 0) is 4.74 Å². The van der Waals surface area contributed by atoms with Gasteiger partial charge in [0.1, 0.15) is 5.60 Å². The zero-order chi connectivity index (χ0) is 13.1. The summed E-state index contributed by atoms with van der Waals surface area (Å²) < 4.78 is 5.36. The SMILES string of the molecule is CCC[C@@H]1CCN(C(=O)OC(C)(C)C)[C@H]1CO. The Morgan fingerprint density at radius 1 is 1.47 bits per heavy atom. The summed E-state index contributed by atoms with van der Waals surface area (Å²) in [6.45, 7) is 8.44. The number of ether oxygens (including phenoxy) is 1. The predicted octanol–water partition coefficient (Wildman–Crippen LogP) is 2.40. The fourth-order valence-corrected chi connectivity index (χ4v) is 2.42. The van der Waals surface area contributed by atoms with Crippen LogP contribution in [0.1, 0.15) is 47.0 Å². The van der Waals surface area contributed by atoms with Crippen molar-refractivity contribution in [2.75, 3.05) is 13.2 Å². The number of aliphatic hydroxyl groups excluding tert-OH is 1. The highest BCUT2D eigenvalue weighted by atomic mass is 16.6. The second-order valence-corrected chi connectivity index (χ2v) is 5.76. The average molecular weight is 243 g/mol. The standard InChI is InChI=1S/C13H25NO3/c1-5-6-10-7-8-14(11(10)9-15)12(16)17-13(2,3)4/h10-11,15H,5-9H2,1-4H3/t10-,11+/m1/s1. The summed E-state index contributed by atoms with van der Waals surface area (Å²) in [6.07, 6.45) is 2.82. The maximum absolute atomic E-state index is 12.0. The molecular formula is C13H25NO3. The van der Waals surface area contributed by atoms with Gasteiger partial charge in [-0.05, 0) is 39.5 Å². The van der Waals surface area contributed by atoms with Crippen LogP contribution in [0.4, 0.5) is 4.79 Å². The molecule has 1 saturated heterocycles. The summed E-state index contributed by atoms with van der Waals surface area (Å²) in [4.78, 5) is 13.7. The maximum atomic E-state index is 12.0. The molecule has 0 aromatic heterocycles. The summed E-state index contributed by atoms with van der Waals surface area (Å²) in [5.41, 5.74) is -0.472. The molecule has 4 nitrogen and oxygen atoms in total. The summed E-state index contributed by atoms with van der Waals surface area (Å²) in [5.74, 6) is 0.414. The molecule has 1 amide bonds. The van der Waals surface area contributed by atoms with E-state index in [9.17, 15) is 9.90 Å². The predicted molar refractivity (Wildman–Crippen MR) is 66.8 cm³/mol. The van der Waals surface area contributed by atoms with Crippen molar-refractivity contribution in [2.45, 2.75) is 58.6 Å². The second-order valence-electron chi connectivity index (χ2n) is 5.76. The molecule has 2 atom stereocenters. The van der Waals surface area contributed by atoms with Gasteiger partial charge in [0.15, 0.2) is 0 Å². The van der Waals surface area contributed by atoms with Crippen LogP contribution in [0, 0.1) is 5.92 Å². The van der Waals surface area contributed by atoms with E-state index in [1.165, 1.54) is 0 Å². The largest absolute Gasteiger partial charge is 0.444 e. The molecule has 0 aromatic rings. The first kappa shape index (κ1) is 14.3. The smallest absolute Gasteiger partial charge is 0.410 e. The monoisotopic (exact) mass is 243 g/mol. The van der Waals surface area contributed by atoms with Gasteiger partial charge in [-0.25, -0.2) is 4.79 Å². The van der Waals surface area contributed by atoms with Crippen LogP contribution >= 0.6 is 0 Å². The van der Waals surface area contributed by atoms with E-state index in [-0.39, 0.29) is 18.7 Å². The Balaban J connectivity index is 2.62. The Hall–Kier alpha value is -0.770. The molecule has 1 fully saturated rings. The molecule has 1 N–H and O–H groups in total. The highest BCUT2D eigenvalue weighted by Gasteiger charge is 2.37. The van der Waals surface area contributed by atoms with Crippen LogP contribution in [0.2, 0.25) is 0 Å². The average Bonchev–Trinajstić information content (AvgIpc) is 2.58. The van der Waals surface area contributed by atoms with E-state index in [0.29, 0.717) is 12.5 Å². The van der Waals surface area contributed by atoms with Crippen molar-refractivity contribution < 1.29 is 14.6 Å². The normalized spacial score (nSPS) is 25.1. The number of hydrogen-bond acceptors (Lipinski definition) is 3. The van der Waals surface area contributed by atoms with Gasteiger partial charge in [0, 0.05) is 6.54 Å². The third-order valence-corrected chi connectivity index (χ3v) is 3.16. The molecule has 100 valence electrons. The molecule has 1 heterocycles. The quantitative estimate of drug-likeness (QED) is 0.828. The number of carbonyl (C=O) groups excluding carboxylic acids is 1. The van der Waals surface area contributed by atoms with Gasteiger partial charge < -0.3 is 14.7 Å². The highest BCUT2D eigenvalue weighted by Crippen LogP contribution is 2.29. The van der Waals surface area contributed by atoms with Crippen molar-refractivity contribution in [3.63, 3.8) is 0 Å². The van der Waals surface area contributed by atoms with Crippen LogP contribution < -0.4 is 0 Å². The van der Waals surface area contributed by atoms with Gasteiger partial charge in [0.05, 0.1) is 12.6 Å². The summed E-state index contributed by atoms with van der Waals surface area (Å²) in [6, 6.07) is -0.0650. The van der Waals surface area contributed by atoms with Crippen molar-refractivity contribution in [3.05, 3.63) is 0 Å². The number of nitrogens with zero attached hydrogens (tertiary/aromatic N) is 1. The van der Waals surface area contributed by atoms with Crippen LogP contribution in [0.25, 0.3) is 0 Å². The molecule has 0 spiro atoms. The number of likely N-dealkylation sites (tertiary alicyclic amines) is 1. The third-order valence-electron chi connectivity index (χ3n) is 3.16. The minimum Gasteiger partial charge on any atom is -0.444 e. The zero-order valence-corrected chi connectivity index (χ0v) is 11.4. The molecule has 0 aliphatic carbocycles. The molecule has 0 aromatic carbocycles. The van der Waals surface area contributed by atoms with Crippen LogP contribution in [-0.4, -0.2) is 40.9 Å². The lowest BCUT2D eigenvalue weighted by molar-refractivity contribution is 0.0143. The number of aliphatic hydroxyl groups is 1. The fourth-order valence-electron chi connectivity index (χ4n) is 2.42. The van der Waals surface area contributed by atoms with Gasteiger partial charge in [-0.3, -0.25) is 0 Å². The molecule has 0 saturated carbocycles. The van der Waals surface area contributed by atoms with Gasteiger partial charge >= 0.3 is 6.09 Å². The van der Waals surface area contributed by atoms with Gasteiger partial charge in [-0.1, -0.05) is 13.3 Å². The Kier molecular flexibility index (Phi) is 4.80. The first-order valence-corrected chi connectivity index (χ1v) is 6.49. The molecule has 0 unspecified atom stereocenters. The van der Waals surface area contributed by atoms with E-state index in [1.54, 1.807) is 4.90 Å². The maximum Gasteiger partial charge on any atom is 0.410 e. The molecule has 0 radical (unpaired) electrons. The van der Waals surface area contributed by atoms with Crippen molar-refractivity contribution in [1.29, 1.82) is 0 Å². The molecular weight excluding hydrogens is 218 g/mol. The van der Waals surface area contributed by atoms with Crippen molar-refractivity contribution >= 4 is 6.09 Å². The lowest BCUT2D eigenvalue weighted by atomic mass is 9.96. The lowest BCUT2D eigenvalue weighted by Gasteiger charge is -2.29. The van der Waals surface area contributed by atoms with E-state index < -0.39 is 5.60 Å². The Morgan fingerprint density at radius 3 is 2.59 bits per heavy atom. The Bertz CT molecular complexity index is 260. The van der Waals surface area contributed by atoms with Crippen molar-refractivity contribution in [1.82, 2.24) is 4.90 Å². The number of carbonyl (C=O) groups is 1. The second kappa shape index (κ2) is 5.71. The minimum absolute atomic E-state index is 0.0317. The third kappa shape index (κ3) is 3.87. The molecule has 17 heavy (non-hydrogen) atoms.